The topological polar surface area (TPSA) is 21.5 Å². The summed E-state index contributed by atoms with van der Waals surface area (Å²) in [7, 11) is 0. The van der Waals surface area contributed by atoms with Gasteiger partial charge in [0.15, 0.2) is 0 Å². The summed E-state index contributed by atoms with van der Waals surface area (Å²) in [5.41, 5.74) is 11.0. The van der Waals surface area contributed by atoms with E-state index >= 15 is 0 Å². The highest BCUT2D eigenvalue weighted by molar-refractivity contribution is 6.21. The Balaban J connectivity index is 1.36. The lowest BCUT2D eigenvalue weighted by atomic mass is 9.88. The number of para-hydroxylation sites is 1. The highest BCUT2D eigenvalue weighted by atomic mass is 16.1. The molecule has 0 saturated carbocycles. The number of hydrogen-bond acceptors (Lipinski definition) is 1. The molecule has 40 heavy (non-hydrogen) atoms. The van der Waals surface area contributed by atoms with Crippen LogP contribution in [0.2, 0.25) is 0 Å². The lowest BCUT2D eigenvalue weighted by Gasteiger charge is -2.16. The van der Waals surface area contributed by atoms with Crippen molar-refractivity contribution in [3.63, 3.8) is 0 Å². The van der Waals surface area contributed by atoms with E-state index in [0.717, 1.165) is 38.0 Å². The summed E-state index contributed by atoms with van der Waals surface area (Å²) in [6.45, 7) is 0. The summed E-state index contributed by atoms with van der Waals surface area (Å²) in [5.74, 6) is 0.203. The Labute approximate surface area is 230 Å². The normalized spacial score (nSPS) is 14.3. The van der Waals surface area contributed by atoms with Gasteiger partial charge in [0.05, 0.1) is 11.0 Å². The lowest BCUT2D eigenvalue weighted by molar-refractivity contribution is 1.02. The van der Waals surface area contributed by atoms with Crippen LogP contribution >= 0.6 is 0 Å². The molecular formula is C38H23NO. The fourth-order valence-electron chi connectivity index (χ4n) is 7.10. The molecule has 6 aromatic carbocycles. The van der Waals surface area contributed by atoms with Crippen LogP contribution < -0.4 is 5.56 Å². The molecule has 2 heteroatoms. The van der Waals surface area contributed by atoms with Crippen LogP contribution in [-0.4, -0.2) is 4.40 Å². The molecule has 2 nitrogen and oxygen atoms in total. The second kappa shape index (κ2) is 7.91. The number of pyridine rings is 1. The Morgan fingerprint density at radius 2 is 1.12 bits per heavy atom. The van der Waals surface area contributed by atoms with Crippen LogP contribution in [0.5, 0.6) is 0 Å². The van der Waals surface area contributed by atoms with Crippen LogP contribution in [0.4, 0.5) is 0 Å². The fraction of sp³-hybridized carbons (Fsp3) is 0.0263. The summed E-state index contributed by atoms with van der Waals surface area (Å²) >= 11 is 0. The Bertz CT molecular complexity index is 2350. The number of aromatic nitrogens is 1. The molecule has 9 rings (SSSR count). The van der Waals surface area contributed by atoms with Gasteiger partial charge in [-0.25, -0.2) is 0 Å². The van der Waals surface area contributed by atoms with Gasteiger partial charge in [0.2, 0.25) is 0 Å². The Kier molecular flexibility index (Phi) is 4.29. The van der Waals surface area contributed by atoms with Gasteiger partial charge in [-0.3, -0.25) is 9.20 Å². The largest absolute Gasteiger partial charge is 0.275 e. The summed E-state index contributed by atoms with van der Waals surface area (Å²) < 4.78 is 1.91. The van der Waals surface area contributed by atoms with Gasteiger partial charge in [0.1, 0.15) is 0 Å². The van der Waals surface area contributed by atoms with Crippen LogP contribution in [0, 0.1) is 0 Å². The second-order valence-electron chi connectivity index (χ2n) is 10.9. The maximum absolute atomic E-state index is 13.7. The highest BCUT2D eigenvalue weighted by Crippen LogP contribution is 2.49. The summed E-state index contributed by atoms with van der Waals surface area (Å²) in [4.78, 5) is 13.7. The van der Waals surface area contributed by atoms with E-state index in [1.54, 1.807) is 0 Å². The Morgan fingerprint density at radius 1 is 0.475 bits per heavy atom. The molecule has 0 fully saturated rings. The number of fused-ring (bicyclic) bond motifs is 8. The standard InChI is InChI=1S/C38H23NO/c40-38-31-16-7-5-13-27(31)33-21-25(22-34-29-14-8-9-17-35(29)39(38)37(33)34)24-18-19-28-26-12-4-6-15-30(26)36(32(28)20-24)23-10-2-1-3-11-23/h1-22,36H. The molecule has 0 saturated heterocycles. The number of hydrogen-bond donors (Lipinski definition) is 0. The average molecular weight is 510 g/mol. The van der Waals surface area contributed by atoms with Crippen LogP contribution in [-0.2, 0) is 0 Å². The molecule has 1 aliphatic carbocycles. The molecule has 0 spiro atoms. The zero-order valence-corrected chi connectivity index (χ0v) is 21.6. The van der Waals surface area contributed by atoms with Crippen LogP contribution in [0.25, 0.3) is 60.2 Å². The van der Waals surface area contributed by atoms with Gasteiger partial charge in [-0.05, 0) is 74.7 Å². The Hall–Kier alpha value is -5.21. The van der Waals surface area contributed by atoms with Gasteiger partial charge < -0.3 is 0 Å². The van der Waals surface area contributed by atoms with Crippen molar-refractivity contribution in [3.05, 3.63) is 161 Å². The molecule has 186 valence electrons. The monoisotopic (exact) mass is 509 g/mol. The van der Waals surface area contributed by atoms with Gasteiger partial charge >= 0.3 is 0 Å². The molecule has 1 unspecified atom stereocenters. The fourth-order valence-corrected chi connectivity index (χ4v) is 7.10. The minimum Gasteiger partial charge on any atom is -0.275 e. The lowest BCUT2D eigenvalue weighted by Crippen LogP contribution is -2.12. The number of nitrogens with zero attached hydrogens (tertiary/aromatic N) is 1. The van der Waals surface area contributed by atoms with E-state index in [1.165, 1.54) is 38.9 Å². The van der Waals surface area contributed by atoms with E-state index < -0.39 is 0 Å². The quantitative estimate of drug-likeness (QED) is 0.213. The number of rotatable bonds is 2. The van der Waals surface area contributed by atoms with Gasteiger partial charge in [-0.2, -0.15) is 0 Å². The van der Waals surface area contributed by atoms with Crippen LogP contribution in [0.15, 0.2) is 138 Å². The minimum atomic E-state index is 0.0445. The van der Waals surface area contributed by atoms with Crippen molar-refractivity contribution in [3.8, 4) is 22.3 Å². The van der Waals surface area contributed by atoms with Crippen molar-refractivity contribution < 1.29 is 0 Å². The van der Waals surface area contributed by atoms with Crippen molar-refractivity contribution in [2.45, 2.75) is 5.92 Å². The molecule has 0 N–H and O–H groups in total. The van der Waals surface area contributed by atoms with Crippen molar-refractivity contribution >= 4 is 38.0 Å². The maximum atomic E-state index is 13.7. The first-order valence-corrected chi connectivity index (χ1v) is 13.8. The predicted octanol–water partition coefficient (Wildman–Crippen LogP) is 9.02. The van der Waals surface area contributed by atoms with Gasteiger partial charge in [0, 0.05) is 27.5 Å². The molecule has 8 aromatic rings. The van der Waals surface area contributed by atoms with E-state index in [2.05, 4.69) is 109 Å². The summed E-state index contributed by atoms with van der Waals surface area (Å²) in [6, 6.07) is 47.4. The van der Waals surface area contributed by atoms with Crippen molar-refractivity contribution in [1.29, 1.82) is 0 Å². The van der Waals surface area contributed by atoms with E-state index in [1.807, 2.05) is 28.7 Å². The van der Waals surface area contributed by atoms with E-state index in [9.17, 15) is 4.79 Å². The van der Waals surface area contributed by atoms with Gasteiger partial charge in [-0.15, -0.1) is 0 Å². The van der Waals surface area contributed by atoms with Gasteiger partial charge in [-0.1, -0.05) is 103 Å². The minimum absolute atomic E-state index is 0.0445. The van der Waals surface area contributed by atoms with E-state index in [0.29, 0.717) is 0 Å². The molecule has 0 aliphatic heterocycles. The SMILES string of the molecule is O=c1c2ccccc2c2cc(-c3ccc4c(c3)C(c3ccccc3)c3ccccc3-4)cc3c4ccccc4n1c23. The summed E-state index contributed by atoms with van der Waals surface area (Å²) in [6.07, 6.45) is 0. The first-order chi connectivity index (χ1) is 19.8. The van der Waals surface area contributed by atoms with Crippen LogP contribution in [0.1, 0.15) is 22.6 Å². The molecule has 0 bridgehead atoms. The van der Waals surface area contributed by atoms with E-state index in [4.69, 9.17) is 0 Å². The third-order valence-corrected chi connectivity index (χ3v) is 8.81. The molecule has 0 radical (unpaired) electrons. The highest BCUT2D eigenvalue weighted by Gasteiger charge is 2.30. The molecule has 2 aromatic heterocycles. The molecule has 1 atom stereocenters. The van der Waals surface area contributed by atoms with Crippen molar-refractivity contribution in [2.24, 2.45) is 0 Å². The van der Waals surface area contributed by atoms with Gasteiger partial charge in [0.25, 0.3) is 5.56 Å². The Morgan fingerprint density at radius 3 is 1.98 bits per heavy atom. The first-order valence-electron chi connectivity index (χ1n) is 13.8. The third-order valence-electron chi connectivity index (χ3n) is 8.81. The predicted molar refractivity (Wildman–Crippen MR) is 166 cm³/mol. The zero-order valence-electron chi connectivity index (χ0n) is 21.6. The number of benzene rings is 6. The smallest absolute Gasteiger partial charge is 0.263 e. The van der Waals surface area contributed by atoms with Crippen LogP contribution in [0.3, 0.4) is 0 Å². The van der Waals surface area contributed by atoms with Crippen molar-refractivity contribution in [1.82, 2.24) is 4.40 Å². The zero-order chi connectivity index (χ0) is 26.4. The first kappa shape index (κ1) is 21.7. The van der Waals surface area contributed by atoms with Crippen molar-refractivity contribution in [2.75, 3.05) is 0 Å². The maximum Gasteiger partial charge on any atom is 0.263 e. The third kappa shape index (κ3) is 2.80. The molecule has 1 aliphatic rings. The van der Waals surface area contributed by atoms with E-state index in [-0.39, 0.29) is 11.5 Å². The molecule has 0 amide bonds. The second-order valence-corrected chi connectivity index (χ2v) is 10.9. The average Bonchev–Trinajstić information content (AvgIpc) is 3.53. The molecular weight excluding hydrogens is 486 g/mol. The summed E-state index contributed by atoms with van der Waals surface area (Å²) in [5, 5.41) is 5.10. The molecule has 2 heterocycles.